The highest BCUT2D eigenvalue weighted by atomic mass is 19.1. The van der Waals surface area contributed by atoms with E-state index in [-0.39, 0.29) is 39.9 Å². The first-order chi connectivity index (χ1) is 13.6. The summed E-state index contributed by atoms with van der Waals surface area (Å²) in [6, 6.07) is 16.5. The molecule has 0 fully saturated rings. The lowest BCUT2D eigenvalue weighted by Gasteiger charge is -2.18. The highest BCUT2D eigenvalue weighted by Gasteiger charge is 2.32. The Bertz CT molecular complexity index is 868. The second-order valence-corrected chi connectivity index (χ2v) is 5.83. The van der Waals surface area contributed by atoms with Crippen molar-refractivity contribution >= 4 is 7.32 Å². The summed E-state index contributed by atoms with van der Waals surface area (Å²) in [6.07, 6.45) is 0. The molecule has 3 rings (SSSR count). The summed E-state index contributed by atoms with van der Waals surface area (Å²) in [4.78, 5) is 0. The van der Waals surface area contributed by atoms with Crippen molar-refractivity contribution in [2.24, 2.45) is 0 Å². The third-order valence-electron chi connectivity index (χ3n) is 3.74. The van der Waals surface area contributed by atoms with Crippen LogP contribution in [0.4, 0.5) is 8.78 Å². The van der Waals surface area contributed by atoms with E-state index in [9.17, 15) is 19.0 Å². The number of aromatic hydroxyl groups is 2. The molecular formula is C20H17BF2O5. The molecule has 0 radical (unpaired) electrons. The molecular weight excluding hydrogens is 369 g/mol. The number of halogens is 2. The van der Waals surface area contributed by atoms with Crippen molar-refractivity contribution < 1.29 is 33.0 Å². The normalized spacial score (nSPS) is 10.4. The Kier molecular flexibility index (Phi) is 6.21. The first kappa shape index (κ1) is 19.3. The number of hydrogen-bond acceptors (Lipinski definition) is 5. The molecule has 0 spiro atoms. The summed E-state index contributed by atoms with van der Waals surface area (Å²) in [6.45, 7) is -1.59. The second kappa shape index (κ2) is 8.99. The van der Waals surface area contributed by atoms with E-state index < -0.39 is 20.7 Å². The van der Waals surface area contributed by atoms with Gasteiger partial charge in [-0.3, -0.25) is 0 Å². The molecule has 0 aliphatic heterocycles. The first-order valence-electron chi connectivity index (χ1n) is 8.40. The summed E-state index contributed by atoms with van der Waals surface area (Å²) in [5, 5.41) is 19.9. The Hall–Kier alpha value is -3.42. The number of rotatable bonds is 8. The van der Waals surface area contributed by atoms with E-state index >= 15 is 0 Å². The molecule has 3 aromatic rings. The molecule has 0 amide bonds. The van der Waals surface area contributed by atoms with Gasteiger partial charge in [0.15, 0.2) is 11.5 Å². The zero-order chi connectivity index (χ0) is 19.9. The van der Waals surface area contributed by atoms with Crippen LogP contribution < -0.4 is 14.0 Å². The average Bonchev–Trinajstić information content (AvgIpc) is 2.71. The van der Waals surface area contributed by atoms with E-state index in [0.29, 0.717) is 0 Å². The third kappa shape index (κ3) is 4.85. The van der Waals surface area contributed by atoms with Crippen molar-refractivity contribution in [2.75, 3.05) is 0 Å². The number of hydrogen-bond donors (Lipinski definition) is 2. The van der Waals surface area contributed by atoms with Gasteiger partial charge >= 0.3 is 7.32 Å². The molecule has 144 valence electrons. The molecule has 0 saturated carbocycles. The predicted molar refractivity (Wildman–Crippen MR) is 99.9 cm³/mol. The van der Waals surface area contributed by atoms with Crippen molar-refractivity contribution in [2.45, 2.75) is 13.3 Å². The molecule has 8 heteroatoms. The topological polar surface area (TPSA) is 68.2 Å². The van der Waals surface area contributed by atoms with Gasteiger partial charge < -0.3 is 24.2 Å². The predicted octanol–water partition coefficient (Wildman–Crippen LogP) is 4.56. The molecule has 28 heavy (non-hydrogen) atoms. The van der Waals surface area contributed by atoms with Crippen LogP contribution in [0.1, 0.15) is 11.1 Å². The first-order valence-corrected chi connectivity index (χ1v) is 8.40. The maximum Gasteiger partial charge on any atom is 0.864 e. The molecule has 0 aliphatic rings. The summed E-state index contributed by atoms with van der Waals surface area (Å²) in [5.74, 6) is -0.0675. The lowest BCUT2D eigenvalue weighted by Crippen LogP contribution is -2.37. The van der Waals surface area contributed by atoms with Gasteiger partial charge in [-0.15, -0.1) is 0 Å². The lowest BCUT2D eigenvalue weighted by atomic mass is 10.1. The van der Waals surface area contributed by atoms with Gasteiger partial charge in [-0.25, -0.2) is 8.78 Å². The zero-order valence-corrected chi connectivity index (χ0v) is 14.7. The minimum atomic E-state index is -1.45. The van der Waals surface area contributed by atoms with Gasteiger partial charge in [0, 0.05) is 0 Å². The quantitative estimate of drug-likeness (QED) is 0.556. The van der Waals surface area contributed by atoms with Crippen LogP contribution in [0.25, 0.3) is 0 Å². The Morgan fingerprint density at radius 2 is 1.14 bits per heavy atom. The van der Waals surface area contributed by atoms with Crippen molar-refractivity contribution in [3.63, 3.8) is 0 Å². The number of phenols is 2. The van der Waals surface area contributed by atoms with Crippen LogP contribution in [-0.2, 0) is 13.3 Å². The molecule has 0 bridgehead atoms. The number of alkyl halides is 2. The molecule has 5 nitrogen and oxygen atoms in total. The molecule has 3 aromatic carbocycles. The van der Waals surface area contributed by atoms with E-state index in [0.717, 1.165) is 0 Å². The van der Waals surface area contributed by atoms with Crippen LogP contribution in [0.3, 0.4) is 0 Å². The lowest BCUT2D eigenvalue weighted by molar-refractivity contribution is 0.292. The van der Waals surface area contributed by atoms with E-state index in [1.807, 2.05) is 0 Å². The monoisotopic (exact) mass is 386 g/mol. The summed E-state index contributed by atoms with van der Waals surface area (Å²) < 4.78 is 42.8. The Labute approximate surface area is 160 Å². The van der Waals surface area contributed by atoms with Crippen LogP contribution in [0.2, 0.25) is 0 Å². The smallest absolute Gasteiger partial charge is 0.504 e. The van der Waals surface area contributed by atoms with Crippen molar-refractivity contribution in [3.8, 4) is 28.7 Å². The van der Waals surface area contributed by atoms with Crippen molar-refractivity contribution in [1.29, 1.82) is 0 Å². The van der Waals surface area contributed by atoms with Gasteiger partial charge in [0.05, 0.1) is 0 Å². The van der Waals surface area contributed by atoms with E-state index in [1.54, 1.807) is 24.3 Å². The average molecular weight is 386 g/mol. The minimum absolute atomic E-state index is 0.0651. The second-order valence-electron chi connectivity index (χ2n) is 5.83. The van der Waals surface area contributed by atoms with E-state index in [1.165, 1.54) is 42.5 Å². The molecule has 0 saturated heterocycles. The largest absolute Gasteiger partial charge is 0.864 e. The van der Waals surface area contributed by atoms with Gasteiger partial charge in [-0.1, -0.05) is 30.3 Å². The summed E-state index contributed by atoms with van der Waals surface area (Å²) >= 11 is 0. The molecule has 0 unspecified atom stereocenters. The number of phenolic OH excluding ortho intramolecular Hbond substituents is 2. The fourth-order valence-electron chi connectivity index (χ4n) is 2.46. The van der Waals surface area contributed by atoms with Crippen LogP contribution in [-0.4, -0.2) is 17.5 Å². The Morgan fingerprint density at radius 1 is 0.679 bits per heavy atom. The minimum Gasteiger partial charge on any atom is -0.504 e. The highest BCUT2D eigenvalue weighted by molar-refractivity contribution is 6.39. The van der Waals surface area contributed by atoms with Gasteiger partial charge in [0.25, 0.3) is 0 Å². The fraction of sp³-hybridized carbons (Fsp3) is 0.100. The molecule has 0 heterocycles. The third-order valence-corrected chi connectivity index (χ3v) is 3.74. The summed E-state index contributed by atoms with van der Waals surface area (Å²) in [5.41, 5.74) is 0.461. The Balaban J connectivity index is 1.89. The number of benzene rings is 3. The maximum absolute atomic E-state index is 13.1. The molecule has 2 N–H and O–H groups in total. The number of para-hydroxylation sites is 4. The van der Waals surface area contributed by atoms with Gasteiger partial charge in [0.1, 0.15) is 30.6 Å². The zero-order valence-electron chi connectivity index (χ0n) is 14.7. The standard InChI is InChI=1S/C20H17BF2O5/c22-12-14-9-15(13-23)11-16(10-14)26-21(27-19-7-3-1-5-17(19)24)28-20-8-4-2-6-18(20)25/h1-11,24-25H,12-13H2. The maximum atomic E-state index is 13.1. The van der Waals surface area contributed by atoms with Gasteiger partial charge in [-0.2, -0.15) is 0 Å². The Morgan fingerprint density at radius 3 is 1.57 bits per heavy atom. The van der Waals surface area contributed by atoms with E-state index in [2.05, 4.69) is 0 Å². The van der Waals surface area contributed by atoms with Gasteiger partial charge in [-0.05, 0) is 47.5 Å². The van der Waals surface area contributed by atoms with Gasteiger partial charge in [0.2, 0.25) is 0 Å². The van der Waals surface area contributed by atoms with Crippen molar-refractivity contribution in [1.82, 2.24) is 0 Å². The van der Waals surface area contributed by atoms with Crippen LogP contribution in [0.15, 0.2) is 66.7 Å². The van der Waals surface area contributed by atoms with E-state index in [4.69, 9.17) is 14.0 Å². The SMILES string of the molecule is Oc1ccccc1OB(Oc1cc(CF)cc(CF)c1)Oc1ccccc1O. The van der Waals surface area contributed by atoms with Crippen LogP contribution >= 0.6 is 0 Å². The van der Waals surface area contributed by atoms with Crippen LogP contribution in [0.5, 0.6) is 28.7 Å². The van der Waals surface area contributed by atoms with Crippen LogP contribution in [0, 0.1) is 0 Å². The molecule has 0 aromatic heterocycles. The molecule has 0 atom stereocenters. The molecule has 0 aliphatic carbocycles. The van der Waals surface area contributed by atoms with Crippen molar-refractivity contribution in [3.05, 3.63) is 77.9 Å². The fourth-order valence-corrected chi connectivity index (χ4v) is 2.46. The highest BCUT2D eigenvalue weighted by Crippen LogP contribution is 2.29. The summed E-state index contributed by atoms with van der Waals surface area (Å²) in [7, 11) is -1.45.